The minimum atomic E-state index is -0.266. The lowest BCUT2D eigenvalue weighted by Gasteiger charge is -2.12. The van der Waals surface area contributed by atoms with Gasteiger partial charge in [0.25, 0.3) is 0 Å². The number of thiophene rings is 1. The van der Waals surface area contributed by atoms with Gasteiger partial charge in [-0.2, -0.15) is 0 Å². The predicted molar refractivity (Wildman–Crippen MR) is 82.9 cm³/mol. The number of hydrogen-bond acceptors (Lipinski definition) is 4. The lowest BCUT2D eigenvalue weighted by molar-refractivity contribution is 0.0535. The molecule has 0 saturated heterocycles. The zero-order valence-electron chi connectivity index (χ0n) is 11.4. The van der Waals surface area contributed by atoms with Crippen molar-refractivity contribution in [2.75, 3.05) is 7.11 Å². The summed E-state index contributed by atoms with van der Waals surface area (Å²) in [6.07, 6.45) is 0. The van der Waals surface area contributed by atoms with Crippen LogP contribution in [0.15, 0.2) is 41.8 Å². The van der Waals surface area contributed by atoms with Crippen LogP contribution >= 0.6 is 11.3 Å². The van der Waals surface area contributed by atoms with Crippen molar-refractivity contribution < 1.29 is 14.3 Å². The number of carbonyl (C=O) groups is 1. The van der Waals surface area contributed by atoms with Gasteiger partial charge in [0.15, 0.2) is 0 Å². The van der Waals surface area contributed by atoms with E-state index in [0.29, 0.717) is 5.56 Å². The number of benzene rings is 2. The number of fused-ring (bicyclic) bond motifs is 2. The maximum absolute atomic E-state index is 12.2. The first kappa shape index (κ1) is 12.4. The van der Waals surface area contributed by atoms with Crippen molar-refractivity contribution in [3.63, 3.8) is 0 Å². The third kappa shape index (κ3) is 1.69. The van der Waals surface area contributed by atoms with Crippen LogP contribution in [0.4, 0.5) is 0 Å². The number of esters is 1. The minimum absolute atomic E-state index is 0.266. The molecule has 0 N–H and O–H groups in total. The van der Waals surface area contributed by atoms with E-state index in [2.05, 4.69) is 0 Å². The van der Waals surface area contributed by atoms with Gasteiger partial charge in [0.05, 0.1) is 12.7 Å². The molecule has 21 heavy (non-hydrogen) atoms. The first-order valence-corrected chi connectivity index (χ1v) is 7.52. The van der Waals surface area contributed by atoms with E-state index in [4.69, 9.17) is 9.47 Å². The lowest BCUT2D eigenvalue weighted by Crippen LogP contribution is -1.99. The van der Waals surface area contributed by atoms with E-state index < -0.39 is 0 Å². The highest BCUT2D eigenvalue weighted by molar-refractivity contribution is 7.17. The van der Waals surface area contributed by atoms with Gasteiger partial charge in [-0.25, -0.2) is 4.79 Å². The van der Waals surface area contributed by atoms with E-state index in [1.54, 1.807) is 18.4 Å². The Morgan fingerprint density at radius 3 is 2.71 bits per heavy atom. The number of ether oxygens (including phenoxy) is 2. The first-order valence-electron chi connectivity index (χ1n) is 6.64. The van der Waals surface area contributed by atoms with Crippen LogP contribution in [0, 0.1) is 0 Å². The molecular weight excluding hydrogens is 284 g/mol. The Bertz CT molecular complexity index is 849. The molecule has 0 aliphatic carbocycles. The van der Waals surface area contributed by atoms with Gasteiger partial charge in [-0.1, -0.05) is 30.3 Å². The number of carbonyl (C=O) groups excluding carboxylic acids is 1. The summed E-state index contributed by atoms with van der Waals surface area (Å²) in [4.78, 5) is 12.2. The van der Waals surface area contributed by atoms with Crippen molar-refractivity contribution in [2.24, 2.45) is 0 Å². The molecule has 4 rings (SSSR count). The van der Waals surface area contributed by atoms with Gasteiger partial charge in [-0.3, -0.25) is 0 Å². The van der Waals surface area contributed by atoms with Crippen molar-refractivity contribution >= 4 is 27.4 Å². The van der Waals surface area contributed by atoms with Crippen molar-refractivity contribution in [1.29, 1.82) is 0 Å². The lowest BCUT2D eigenvalue weighted by atomic mass is 9.94. The Morgan fingerprint density at radius 1 is 1.14 bits per heavy atom. The van der Waals surface area contributed by atoms with E-state index in [9.17, 15) is 4.79 Å². The van der Waals surface area contributed by atoms with Gasteiger partial charge in [0, 0.05) is 21.2 Å². The molecule has 1 aliphatic rings. The van der Waals surface area contributed by atoms with E-state index in [-0.39, 0.29) is 12.6 Å². The molecule has 4 heteroatoms. The average Bonchev–Trinajstić information content (AvgIpc) is 3.13. The van der Waals surface area contributed by atoms with E-state index in [1.807, 2.05) is 41.8 Å². The van der Waals surface area contributed by atoms with Crippen LogP contribution < -0.4 is 4.74 Å². The minimum Gasteiger partial charge on any atom is -0.496 e. The quantitative estimate of drug-likeness (QED) is 0.663. The second-order valence-corrected chi connectivity index (χ2v) is 5.78. The summed E-state index contributed by atoms with van der Waals surface area (Å²) < 4.78 is 11.9. The first-order chi connectivity index (χ1) is 10.3. The third-order valence-corrected chi connectivity index (χ3v) is 4.71. The summed E-state index contributed by atoms with van der Waals surface area (Å²) in [6, 6.07) is 12.0. The van der Waals surface area contributed by atoms with Crippen molar-refractivity contribution in [3.05, 3.63) is 52.9 Å². The highest BCUT2D eigenvalue weighted by atomic mass is 32.1. The average molecular weight is 296 g/mol. The van der Waals surface area contributed by atoms with E-state index in [1.165, 1.54) is 0 Å². The van der Waals surface area contributed by atoms with Crippen LogP contribution in [-0.4, -0.2) is 13.1 Å². The number of methoxy groups -OCH3 is 1. The molecule has 0 spiro atoms. The number of hydrogen-bond donors (Lipinski definition) is 0. The third-order valence-electron chi connectivity index (χ3n) is 3.78. The number of cyclic esters (lactones) is 1. The van der Waals surface area contributed by atoms with Crippen LogP contribution in [0.2, 0.25) is 0 Å². The van der Waals surface area contributed by atoms with Gasteiger partial charge >= 0.3 is 5.97 Å². The fourth-order valence-corrected chi connectivity index (χ4v) is 3.87. The molecule has 2 heterocycles. The number of rotatable bonds is 2. The molecule has 0 fully saturated rings. The molecule has 0 unspecified atom stereocenters. The summed E-state index contributed by atoms with van der Waals surface area (Å²) in [5.41, 5.74) is 3.49. The molecule has 0 radical (unpaired) electrons. The summed E-state index contributed by atoms with van der Waals surface area (Å²) >= 11 is 1.62. The monoisotopic (exact) mass is 296 g/mol. The van der Waals surface area contributed by atoms with Crippen LogP contribution in [0.3, 0.4) is 0 Å². The van der Waals surface area contributed by atoms with Crippen LogP contribution in [0.1, 0.15) is 15.9 Å². The zero-order chi connectivity index (χ0) is 14.4. The van der Waals surface area contributed by atoms with Crippen molar-refractivity contribution in [2.45, 2.75) is 6.61 Å². The highest BCUT2D eigenvalue weighted by Gasteiger charge is 2.32. The van der Waals surface area contributed by atoms with Crippen LogP contribution in [0.5, 0.6) is 5.75 Å². The standard InChI is InChI=1S/C17H12O3S/c1-19-15-11-7-8-21-16(11)13(10-5-3-2-4-6-10)14-12(15)9-20-17(14)18/h2-8H,9H2,1H3. The van der Waals surface area contributed by atoms with Gasteiger partial charge < -0.3 is 9.47 Å². The Labute approximate surface area is 125 Å². The van der Waals surface area contributed by atoms with Crippen LogP contribution in [0.25, 0.3) is 21.2 Å². The Morgan fingerprint density at radius 2 is 1.95 bits per heavy atom. The van der Waals surface area contributed by atoms with Gasteiger partial charge in [0.1, 0.15) is 12.4 Å². The highest BCUT2D eigenvalue weighted by Crippen LogP contribution is 2.46. The molecule has 1 aromatic heterocycles. The second kappa shape index (κ2) is 4.60. The molecule has 3 aromatic rings. The molecule has 3 nitrogen and oxygen atoms in total. The van der Waals surface area contributed by atoms with Crippen molar-refractivity contribution in [1.82, 2.24) is 0 Å². The maximum atomic E-state index is 12.2. The summed E-state index contributed by atoms with van der Waals surface area (Å²) in [5, 5.41) is 3.07. The molecule has 0 atom stereocenters. The van der Waals surface area contributed by atoms with Gasteiger partial charge in [-0.05, 0) is 17.0 Å². The maximum Gasteiger partial charge on any atom is 0.339 e. The normalized spacial score (nSPS) is 13.3. The molecule has 104 valence electrons. The molecule has 1 aliphatic heterocycles. The largest absolute Gasteiger partial charge is 0.496 e. The Hall–Kier alpha value is -2.33. The van der Waals surface area contributed by atoms with E-state index >= 15 is 0 Å². The molecule has 0 bridgehead atoms. The smallest absolute Gasteiger partial charge is 0.339 e. The molecule has 2 aromatic carbocycles. The molecule has 0 amide bonds. The summed E-state index contributed by atoms with van der Waals surface area (Å²) in [5.74, 6) is 0.490. The Balaban J connectivity index is 2.18. The molecular formula is C17H12O3S. The van der Waals surface area contributed by atoms with Crippen LogP contribution in [-0.2, 0) is 11.3 Å². The molecule has 0 saturated carbocycles. The fourth-order valence-electron chi connectivity index (χ4n) is 2.91. The van der Waals surface area contributed by atoms with Gasteiger partial charge in [0.2, 0.25) is 0 Å². The van der Waals surface area contributed by atoms with Gasteiger partial charge in [-0.15, -0.1) is 11.3 Å². The van der Waals surface area contributed by atoms with Crippen molar-refractivity contribution in [3.8, 4) is 16.9 Å². The fraction of sp³-hybridized carbons (Fsp3) is 0.118. The summed E-state index contributed by atoms with van der Waals surface area (Å²) in [7, 11) is 1.64. The van der Waals surface area contributed by atoms with E-state index in [0.717, 1.165) is 32.5 Å². The predicted octanol–water partition coefficient (Wildman–Crippen LogP) is 4.25. The Kier molecular flexibility index (Phi) is 2.72. The summed E-state index contributed by atoms with van der Waals surface area (Å²) in [6.45, 7) is 0.281. The SMILES string of the molecule is COc1c2c(c(-c3ccccc3)c3sccc13)C(=O)OC2. The zero-order valence-corrected chi connectivity index (χ0v) is 12.2. The second-order valence-electron chi connectivity index (χ2n) is 4.87. The topological polar surface area (TPSA) is 35.5 Å².